The van der Waals surface area contributed by atoms with Gasteiger partial charge in [0.05, 0.1) is 12.2 Å². The fourth-order valence-electron chi connectivity index (χ4n) is 4.88. The molecule has 2 aliphatic rings. The van der Waals surface area contributed by atoms with Gasteiger partial charge >= 0.3 is 0 Å². The molecule has 2 aromatic heterocycles. The Morgan fingerprint density at radius 2 is 2.13 bits per heavy atom. The highest BCUT2D eigenvalue weighted by Gasteiger charge is 2.34. The second-order valence-electron chi connectivity index (χ2n) is 8.21. The van der Waals surface area contributed by atoms with Crippen molar-refractivity contribution in [1.29, 1.82) is 0 Å². The summed E-state index contributed by atoms with van der Waals surface area (Å²) in [6.45, 7) is 2.70. The first-order chi connectivity index (χ1) is 14.9. The molecule has 3 aromatic rings. The van der Waals surface area contributed by atoms with Crippen molar-refractivity contribution in [2.75, 3.05) is 12.3 Å². The quantitative estimate of drug-likeness (QED) is 0.554. The van der Waals surface area contributed by atoms with Crippen LogP contribution in [0.25, 0.3) is 16.7 Å². The lowest BCUT2D eigenvalue weighted by atomic mass is 9.83. The Labute approximate surface area is 190 Å². The predicted molar refractivity (Wildman–Crippen MR) is 122 cm³/mol. The van der Waals surface area contributed by atoms with Crippen molar-refractivity contribution in [3.8, 4) is 0 Å². The summed E-state index contributed by atoms with van der Waals surface area (Å²) in [5.41, 5.74) is 11.0. The molecule has 0 saturated carbocycles. The number of pyridine rings is 1. The zero-order valence-corrected chi connectivity index (χ0v) is 18.6. The molecule has 0 radical (unpaired) electrons. The molecule has 1 amide bonds. The van der Waals surface area contributed by atoms with Crippen LogP contribution in [0, 0.1) is 5.92 Å². The molecule has 0 saturated heterocycles. The maximum absolute atomic E-state index is 13.6. The number of aromatic nitrogens is 2. The molecule has 1 aliphatic carbocycles. The predicted octanol–water partition coefficient (Wildman–Crippen LogP) is 5.44. The molecule has 160 valence electrons. The van der Waals surface area contributed by atoms with E-state index in [1.54, 1.807) is 18.5 Å². The summed E-state index contributed by atoms with van der Waals surface area (Å²) in [4.78, 5) is 24.0. The number of anilines is 1. The van der Waals surface area contributed by atoms with Crippen LogP contribution in [0.15, 0.2) is 35.0 Å². The first-order valence-electron chi connectivity index (χ1n) is 10.4. The standard InChI is InChI=1S/C23H22Cl2N4O2/c1-12-20-14(8-16(24)9-18(20)25)5-6-29(12)22(30)15-4-2-3-13(7-15)17-10-27-11-19-21(17)31-23(26)28-19/h3,8-12,15H,2,4-7H2,1H3,(H2,26,28)/t12-,15+/m0/s1. The zero-order valence-electron chi connectivity index (χ0n) is 17.1. The van der Waals surface area contributed by atoms with E-state index in [9.17, 15) is 4.79 Å². The highest BCUT2D eigenvalue weighted by molar-refractivity contribution is 6.35. The monoisotopic (exact) mass is 456 g/mol. The number of nitrogens with zero attached hydrogens (tertiary/aromatic N) is 3. The molecule has 0 bridgehead atoms. The number of rotatable bonds is 2. The number of amides is 1. The lowest BCUT2D eigenvalue weighted by Gasteiger charge is -2.38. The van der Waals surface area contributed by atoms with E-state index < -0.39 is 0 Å². The van der Waals surface area contributed by atoms with E-state index in [-0.39, 0.29) is 23.9 Å². The lowest BCUT2D eigenvalue weighted by Crippen LogP contribution is -2.42. The second kappa shape index (κ2) is 7.84. The number of allylic oxidation sites excluding steroid dienone is 2. The van der Waals surface area contributed by atoms with Gasteiger partial charge in [-0.1, -0.05) is 29.3 Å². The lowest BCUT2D eigenvalue weighted by molar-refractivity contribution is -0.138. The van der Waals surface area contributed by atoms with Gasteiger partial charge in [-0.05, 0) is 61.4 Å². The number of carbonyl (C=O) groups is 1. The van der Waals surface area contributed by atoms with Crippen molar-refractivity contribution in [3.05, 3.63) is 57.3 Å². The largest absolute Gasteiger partial charge is 0.423 e. The Morgan fingerprint density at radius 3 is 2.97 bits per heavy atom. The first-order valence-corrected chi connectivity index (χ1v) is 11.2. The molecular formula is C23H22Cl2N4O2. The third-order valence-corrected chi connectivity index (χ3v) is 6.88. The minimum Gasteiger partial charge on any atom is -0.423 e. The molecule has 8 heteroatoms. The van der Waals surface area contributed by atoms with Gasteiger partial charge in [0, 0.05) is 34.3 Å². The van der Waals surface area contributed by atoms with E-state index in [1.165, 1.54) is 0 Å². The smallest absolute Gasteiger partial charge is 0.293 e. The van der Waals surface area contributed by atoms with Gasteiger partial charge in [0.1, 0.15) is 5.52 Å². The molecule has 3 heterocycles. The van der Waals surface area contributed by atoms with E-state index in [2.05, 4.69) is 16.0 Å². The summed E-state index contributed by atoms with van der Waals surface area (Å²) in [7, 11) is 0. The molecule has 6 nitrogen and oxygen atoms in total. The number of hydrogen-bond donors (Lipinski definition) is 1. The molecular weight excluding hydrogens is 435 g/mol. The number of hydrogen-bond acceptors (Lipinski definition) is 5. The SMILES string of the molecule is C[C@H]1c2c(Cl)cc(Cl)cc2CCN1C(=O)[C@@H]1CCC=C(c2cncc3nc(N)oc23)C1. The summed E-state index contributed by atoms with van der Waals surface area (Å²) >= 11 is 12.7. The van der Waals surface area contributed by atoms with Gasteiger partial charge in [0.2, 0.25) is 5.91 Å². The van der Waals surface area contributed by atoms with Crippen LogP contribution < -0.4 is 5.73 Å². The molecule has 2 atom stereocenters. The summed E-state index contributed by atoms with van der Waals surface area (Å²) in [5.74, 6) is 0.0533. The van der Waals surface area contributed by atoms with Crippen LogP contribution in [0.1, 0.15) is 48.9 Å². The van der Waals surface area contributed by atoms with E-state index in [1.807, 2.05) is 17.9 Å². The molecule has 1 aromatic carbocycles. The van der Waals surface area contributed by atoms with E-state index in [0.717, 1.165) is 41.5 Å². The van der Waals surface area contributed by atoms with Crippen LogP contribution in [0.2, 0.25) is 10.0 Å². The number of carbonyl (C=O) groups excluding carboxylic acids is 1. The van der Waals surface area contributed by atoms with Gasteiger partial charge in [-0.2, -0.15) is 4.98 Å². The topological polar surface area (TPSA) is 85.2 Å². The van der Waals surface area contributed by atoms with Crippen LogP contribution in [0.4, 0.5) is 6.01 Å². The number of benzene rings is 1. The third kappa shape index (κ3) is 3.58. The number of fused-ring (bicyclic) bond motifs is 2. The molecule has 1 aliphatic heterocycles. The molecule has 0 spiro atoms. The van der Waals surface area contributed by atoms with Crippen LogP contribution in [0.5, 0.6) is 0 Å². The van der Waals surface area contributed by atoms with Crippen molar-refractivity contribution in [2.24, 2.45) is 5.92 Å². The van der Waals surface area contributed by atoms with Gasteiger partial charge < -0.3 is 15.1 Å². The maximum atomic E-state index is 13.6. The first kappa shape index (κ1) is 20.3. The van der Waals surface area contributed by atoms with Gasteiger partial charge in [0.25, 0.3) is 6.01 Å². The number of halogens is 2. The number of nitrogens with two attached hydrogens (primary N) is 1. The van der Waals surface area contributed by atoms with Gasteiger partial charge in [-0.3, -0.25) is 9.78 Å². The average molecular weight is 457 g/mol. The van der Waals surface area contributed by atoms with E-state index in [0.29, 0.717) is 34.1 Å². The fourth-order valence-corrected chi connectivity index (χ4v) is 5.57. The van der Waals surface area contributed by atoms with Gasteiger partial charge in [-0.15, -0.1) is 0 Å². The Kier molecular flexibility index (Phi) is 5.15. The van der Waals surface area contributed by atoms with Crippen molar-refractivity contribution < 1.29 is 9.21 Å². The highest BCUT2D eigenvalue weighted by Crippen LogP contribution is 2.40. The maximum Gasteiger partial charge on any atom is 0.293 e. The fraction of sp³-hybridized carbons (Fsp3) is 0.348. The average Bonchev–Trinajstić information content (AvgIpc) is 3.13. The van der Waals surface area contributed by atoms with Crippen LogP contribution in [-0.2, 0) is 11.2 Å². The van der Waals surface area contributed by atoms with Crippen molar-refractivity contribution in [3.63, 3.8) is 0 Å². The molecule has 2 N–H and O–H groups in total. The summed E-state index contributed by atoms with van der Waals surface area (Å²) in [6.07, 6.45) is 8.57. The van der Waals surface area contributed by atoms with Crippen LogP contribution >= 0.6 is 23.2 Å². The molecule has 0 fully saturated rings. The van der Waals surface area contributed by atoms with E-state index in [4.69, 9.17) is 33.4 Å². The van der Waals surface area contributed by atoms with Gasteiger partial charge in [0.15, 0.2) is 5.58 Å². The highest BCUT2D eigenvalue weighted by atomic mass is 35.5. The number of nitrogen functional groups attached to an aromatic ring is 1. The van der Waals surface area contributed by atoms with Crippen molar-refractivity contribution >= 4 is 51.8 Å². The summed E-state index contributed by atoms with van der Waals surface area (Å²) in [5, 5.41) is 1.26. The third-order valence-electron chi connectivity index (χ3n) is 6.35. The van der Waals surface area contributed by atoms with Gasteiger partial charge in [-0.25, -0.2) is 0 Å². The second-order valence-corrected chi connectivity index (χ2v) is 9.06. The Balaban J connectivity index is 1.40. The van der Waals surface area contributed by atoms with Crippen LogP contribution in [-0.4, -0.2) is 27.3 Å². The zero-order chi connectivity index (χ0) is 21.7. The summed E-state index contributed by atoms with van der Waals surface area (Å²) < 4.78 is 5.61. The normalized spacial score (nSPS) is 21.1. The Bertz CT molecular complexity index is 1220. The minimum absolute atomic E-state index is 0.0884. The van der Waals surface area contributed by atoms with Crippen LogP contribution in [0.3, 0.4) is 0 Å². The Morgan fingerprint density at radius 1 is 1.29 bits per heavy atom. The van der Waals surface area contributed by atoms with Crippen molar-refractivity contribution in [2.45, 2.75) is 38.6 Å². The molecule has 0 unspecified atom stereocenters. The molecule has 31 heavy (non-hydrogen) atoms. The van der Waals surface area contributed by atoms with Crippen molar-refractivity contribution in [1.82, 2.24) is 14.9 Å². The van der Waals surface area contributed by atoms with E-state index >= 15 is 0 Å². The molecule has 5 rings (SSSR count). The summed E-state index contributed by atoms with van der Waals surface area (Å²) in [6, 6.07) is 3.74. The number of oxazole rings is 1. The minimum atomic E-state index is -0.106. The Hall–Kier alpha value is -2.57.